The SMILES string of the molecule is COC(=O)c1cccnc1-n1cncn1. The number of esters is 1. The van der Waals surface area contributed by atoms with E-state index in [0.29, 0.717) is 11.4 Å². The van der Waals surface area contributed by atoms with E-state index in [-0.39, 0.29) is 0 Å². The van der Waals surface area contributed by atoms with Crippen LogP contribution in [0.2, 0.25) is 0 Å². The van der Waals surface area contributed by atoms with Crippen LogP contribution in [0.4, 0.5) is 0 Å². The molecule has 76 valence electrons. The molecule has 0 amide bonds. The zero-order valence-corrected chi connectivity index (χ0v) is 7.99. The number of nitrogens with zero attached hydrogens (tertiary/aromatic N) is 4. The topological polar surface area (TPSA) is 69.9 Å². The fourth-order valence-electron chi connectivity index (χ4n) is 1.17. The number of hydrogen-bond donors (Lipinski definition) is 0. The molecule has 0 fully saturated rings. The average Bonchev–Trinajstić information content (AvgIpc) is 2.81. The summed E-state index contributed by atoms with van der Waals surface area (Å²) in [5.74, 6) is -0.0459. The van der Waals surface area contributed by atoms with E-state index in [1.807, 2.05) is 0 Å². The molecule has 0 saturated carbocycles. The van der Waals surface area contributed by atoms with Gasteiger partial charge in [0.15, 0.2) is 5.82 Å². The van der Waals surface area contributed by atoms with Gasteiger partial charge in [-0.2, -0.15) is 5.10 Å². The first-order chi connectivity index (χ1) is 7.33. The van der Waals surface area contributed by atoms with E-state index in [1.165, 1.54) is 24.4 Å². The van der Waals surface area contributed by atoms with Crippen LogP contribution in [0.3, 0.4) is 0 Å². The number of carbonyl (C=O) groups is 1. The Labute approximate surface area is 85.5 Å². The number of aromatic nitrogens is 4. The van der Waals surface area contributed by atoms with Crippen molar-refractivity contribution in [2.75, 3.05) is 7.11 Å². The Balaban J connectivity index is 2.52. The van der Waals surface area contributed by atoms with Crippen molar-refractivity contribution in [1.29, 1.82) is 0 Å². The van der Waals surface area contributed by atoms with Gasteiger partial charge in [0, 0.05) is 6.20 Å². The summed E-state index contributed by atoms with van der Waals surface area (Å²) in [4.78, 5) is 19.2. The van der Waals surface area contributed by atoms with Gasteiger partial charge >= 0.3 is 5.97 Å². The zero-order chi connectivity index (χ0) is 10.7. The fourth-order valence-corrected chi connectivity index (χ4v) is 1.17. The molecule has 6 heteroatoms. The molecule has 0 aliphatic carbocycles. The highest BCUT2D eigenvalue weighted by Gasteiger charge is 2.13. The van der Waals surface area contributed by atoms with Gasteiger partial charge in [-0.3, -0.25) is 0 Å². The van der Waals surface area contributed by atoms with E-state index in [1.54, 1.807) is 18.3 Å². The number of hydrogen-bond acceptors (Lipinski definition) is 5. The van der Waals surface area contributed by atoms with Crippen molar-refractivity contribution in [3.05, 3.63) is 36.5 Å². The first-order valence-corrected chi connectivity index (χ1v) is 4.21. The van der Waals surface area contributed by atoms with Crippen LogP contribution in [0.15, 0.2) is 31.0 Å². The lowest BCUT2D eigenvalue weighted by atomic mass is 10.2. The van der Waals surface area contributed by atoms with Crippen molar-refractivity contribution in [2.45, 2.75) is 0 Å². The van der Waals surface area contributed by atoms with E-state index in [4.69, 9.17) is 0 Å². The molecule has 0 unspecified atom stereocenters. The molecule has 0 aliphatic rings. The largest absolute Gasteiger partial charge is 0.465 e. The standard InChI is InChI=1S/C9H8N4O2/c1-15-9(14)7-3-2-4-11-8(7)13-6-10-5-12-13/h2-6H,1H3. The molecular formula is C9H8N4O2. The van der Waals surface area contributed by atoms with Gasteiger partial charge in [0.1, 0.15) is 18.2 Å². The molecule has 0 atom stereocenters. The summed E-state index contributed by atoms with van der Waals surface area (Å²) in [5, 5.41) is 3.90. The molecule has 0 saturated heterocycles. The van der Waals surface area contributed by atoms with Gasteiger partial charge in [0.05, 0.1) is 7.11 Å². The maximum atomic E-state index is 11.4. The van der Waals surface area contributed by atoms with Crippen LogP contribution in [0.25, 0.3) is 5.82 Å². The summed E-state index contributed by atoms with van der Waals surface area (Å²) in [5.41, 5.74) is 0.352. The van der Waals surface area contributed by atoms with Gasteiger partial charge in [0.25, 0.3) is 0 Å². The Morgan fingerprint density at radius 2 is 2.40 bits per heavy atom. The van der Waals surface area contributed by atoms with E-state index in [2.05, 4.69) is 19.8 Å². The minimum absolute atomic E-state index is 0.352. The maximum absolute atomic E-state index is 11.4. The van der Waals surface area contributed by atoms with Gasteiger partial charge in [-0.1, -0.05) is 0 Å². The molecule has 15 heavy (non-hydrogen) atoms. The van der Waals surface area contributed by atoms with Crippen molar-refractivity contribution >= 4 is 5.97 Å². The first-order valence-electron chi connectivity index (χ1n) is 4.21. The third-order valence-electron chi connectivity index (χ3n) is 1.83. The quantitative estimate of drug-likeness (QED) is 0.664. The maximum Gasteiger partial charge on any atom is 0.341 e. The fraction of sp³-hybridized carbons (Fsp3) is 0.111. The average molecular weight is 204 g/mol. The minimum atomic E-state index is -0.450. The lowest BCUT2D eigenvalue weighted by molar-refractivity contribution is 0.0600. The van der Waals surface area contributed by atoms with Gasteiger partial charge in [-0.05, 0) is 12.1 Å². The van der Waals surface area contributed by atoms with Crippen LogP contribution < -0.4 is 0 Å². The van der Waals surface area contributed by atoms with Gasteiger partial charge in [0.2, 0.25) is 0 Å². The molecule has 0 aliphatic heterocycles. The highest BCUT2D eigenvalue weighted by molar-refractivity contribution is 5.92. The number of ether oxygens (including phenoxy) is 1. The first kappa shape index (κ1) is 9.32. The second-order valence-corrected chi connectivity index (χ2v) is 2.71. The van der Waals surface area contributed by atoms with Crippen molar-refractivity contribution in [3.8, 4) is 5.82 Å². The Morgan fingerprint density at radius 3 is 3.07 bits per heavy atom. The van der Waals surface area contributed by atoms with Gasteiger partial charge in [-0.25, -0.2) is 19.4 Å². The zero-order valence-electron chi connectivity index (χ0n) is 7.99. The van der Waals surface area contributed by atoms with Crippen LogP contribution in [0.1, 0.15) is 10.4 Å². The third kappa shape index (κ3) is 1.69. The lowest BCUT2D eigenvalue weighted by Gasteiger charge is -2.04. The summed E-state index contributed by atoms with van der Waals surface area (Å²) in [6, 6.07) is 3.28. The van der Waals surface area contributed by atoms with E-state index < -0.39 is 5.97 Å². The molecular weight excluding hydrogens is 196 g/mol. The summed E-state index contributed by atoms with van der Waals surface area (Å²) in [6.45, 7) is 0. The Kier molecular flexibility index (Phi) is 2.40. The van der Waals surface area contributed by atoms with Gasteiger partial charge < -0.3 is 4.74 Å². The van der Waals surface area contributed by atoms with Crippen LogP contribution >= 0.6 is 0 Å². The van der Waals surface area contributed by atoms with E-state index in [0.717, 1.165) is 0 Å². The Hall–Kier alpha value is -2.24. The summed E-state index contributed by atoms with van der Waals surface area (Å²) >= 11 is 0. The second-order valence-electron chi connectivity index (χ2n) is 2.71. The number of carbonyl (C=O) groups excluding carboxylic acids is 1. The van der Waals surface area contributed by atoms with Gasteiger partial charge in [-0.15, -0.1) is 0 Å². The predicted octanol–water partition coefficient (Wildman–Crippen LogP) is 0.449. The van der Waals surface area contributed by atoms with Crippen molar-refractivity contribution in [1.82, 2.24) is 19.7 Å². The summed E-state index contributed by atoms with van der Waals surface area (Å²) in [7, 11) is 1.32. The van der Waals surface area contributed by atoms with Crippen molar-refractivity contribution in [3.63, 3.8) is 0 Å². The molecule has 2 rings (SSSR count). The lowest BCUT2D eigenvalue weighted by Crippen LogP contribution is -2.09. The highest BCUT2D eigenvalue weighted by Crippen LogP contribution is 2.10. The molecule has 0 radical (unpaired) electrons. The second kappa shape index (κ2) is 3.87. The molecule has 0 aromatic carbocycles. The molecule has 0 spiro atoms. The van der Waals surface area contributed by atoms with Crippen LogP contribution in [-0.4, -0.2) is 32.8 Å². The van der Waals surface area contributed by atoms with E-state index in [9.17, 15) is 4.79 Å². The Morgan fingerprint density at radius 1 is 1.53 bits per heavy atom. The number of methoxy groups -OCH3 is 1. The minimum Gasteiger partial charge on any atom is -0.465 e. The van der Waals surface area contributed by atoms with Crippen LogP contribution in [-0.2, 0) is 4.74 Å². The summed E-state index contributed by atoms with van der Waals surface area (Å²) < 4.78 is 6.04. The van der Waals surface area contributed by atoms with Crippen molar-refractivity contribution < 1.29 is 9.53 Å². The monoisotopic (exact) mass is 204 g/mol. The van der Waals surface area contributed by atoms with Crippen LogP contribution in [0.5, 0.6) is 0 Å². The van der Waals surface area contributed by atoms with Crippen molar-refractivity contribution in [2.24, 2.45) is 0 Å². The molecule has 0 N–H and O–H groups in total. The Bertz CT molecular complexity index is 467. The summed E-state index contributed by atoms with van der Waals surface area (Å²) in [6.07, 6.45) is 4.41. The predicted molar refractivity (Wildman–Crippen MR) is 50.5 cm³/mol. The molecule has 2 heterocycles. The highest BCUT2D eigenvalue weighted by atomic mass is 16.5. The van der Waals surface area contributed by atoms with E-state index >= 15 is 0 Å². The number of pyridine rings is 1. The molecule has 2 aromatic rings. The van der Waals surface area contributed by atoms with Crippen LogP contribution in [0, 0.1) is 0 Å². The molecule has 6 nitrogen and oxygen atoms in total. The smallest absolute Gasteiger partial charge is 0.341 e. The third-order valence-corrected chi connectivity index (χ3v) is 1.83. The number of rotatable bonds is 2. The molecule has 2 aromatic heterocycles. The molecule has 0 bridgehead atoms. The normalized spacial score (nSPS) is 9.93.